The van der Waals surface area contributed by atoms with Crippen molar-refractivity contribution in [1.82, 2.24) is 0 Å². The molecule has 0 N–H and O–H groups in total. The zero-order chi connectivity index (χ0) is 27.3. The molecular weight excluding hydrogens is 499 g/mol. The number of hydrogen-bond acceptors (Lipinski definition) is 2. The maximum absolute atomic E-state index is 14.8. The molecule has 0 fully saturated rings. The minimum absolute atomic E-state index is 0.0459. The first-order valence-electron chi connectivity index (χ1n) is 13.0. The van der Waals surface area contributed by atoms with Crippen LogP contribution in [0, 0.1) is 23.4 Å². The van der Waals surface area contributed by atoms with Gasteiger partial charge >= 0.3 is 6.11 Å². The second-order valence-electron chi connectivity index (χ2n) is 9.52. The van der Waals surface area contributed by atoms with Crippen molar-refractivity contribution in [2.75, 3.05) is 6.61 Å². The number of ether oxygens (including phenoxy) is 2. The van der Waals surface area contributed by atoms with E-state index in [9.17, 15) is 22.0 Å². The van der Waals surface area contributed by atoms with Crippen LogP contribution in [0.5, 0.6) is 5.75 Å². The summed E-state index contributed by atoms with van der Waals surface area (Å²) in [4.78, 5) is 0. The van der Waals surface area contributed by atoms with Crippen molar-refractivity contribution in [3.8, 4) is 28.0 Å². The second kappa shape index (κ2) is 12.0. The molecule has 202 valence electrons. The maximum atomic E-state index is 14.8. The largest absolute Gasteiger partial charge is 0.491 e. The lowest BCUT2D eigenvalue weighted by Gasteiger charge is -2.26. The molecular formula is C31H31F5O2. The molecule has 0 aromatic heterocycles. The molecule has 1 atom stereocenters. The third-order valence-corrected chi connectivity index (χ3v) is 6.86. The van der Waals surface area contributed by atoms with E-state index in [1.165, 1.54) is 18.2 Å². The van der Waals surface area contributed by atoms with E-state index in [0.717, 1.165) is 37.8 Å². The first kappa shape index (κ1) is 27.7. The van der Waals surface area contributed by atoms with E-state index >= 15 is 0 Å². The third kappa shape index (κ3) is 6.20. The van der Waals surface area contributed by atoms with Crippen LogP contribution in [0.1, 0.15) is 57.9 Å². The first-order valence-corrected chi connectivity index (χ1v) is 13.0. The van der Waals surface area contributed by atoms with E-state index in [-0.39, 0.29) is 23.7 Å². The lowest BCUT2D eigenvalue weighted by atomic mass is 9.89. The van der Waals surface area contributed by atoms with Crippen LogP contribution >= 0.6 is 0 Å². The van der Waals surface area contributed by atoms with Gasteiger partial charge in [0.25, 0.3) is 0 Å². The molecule has 3 aromatic rings. The summed E-state index contributed by atoms with van der Waals surface area (Å²) >= 11 is 0. The summed E-state index contributed by atoms with van der Waals surface area (Å²) in [6.45, 7) is 4.00. The summed E-state index contributed by atoms with van der Waals surface area (Å²) in [5.74, 6) is -2.70. The summed E-state index contributed by atoms with van der Waals surface area (Å²) in [5, 5.41) is 0. The summed E-state index contributed by atoms with van der Waals surface area (Å²) in [6, 6.07) is 12.5. The highest BCUT2D eigenvalue weighted by molar-refractivity contribution is 5.71. The fourth-order valence-corrected chi connectivity index (χ4v) is 4.73. The highest BCUT2D eigenvalue weighted by atomic mass is 19.3. The number of allylic oxidation sites excluding steroid dienone is 2. The van der Waals surface area contributed by atoms with Crippen molar-refractivity contribution in [2.45, 2.75) is 58.5 Å². The Labute approximate surface area is 220 Å². The first-order chi connectivity index (χ1) is 18.2. The fraction of sp³-hybridized carbons (Fsp3) is 0.355. The summed E-state index contributed by atoms with van der Waals surface area (Å²) in [7, 11) is 0. The van der Waals surface area contributed by atoms with Crippen LogP contribution < -0.4 is 4.74 Å². The van der Waals surface area contributed by atoms with E-state index in [1.54, 1.807) is 37.3 Å². The summed E-state index contributed by atoms with van der Waals surface area (Å²) in [6.07, 6.45) is 3.07. The molecule has 1 unspecified atom stereocenters. The second-order valence-corrected chi connectivity index (χ2v) is 9.52. The maximum Gasteiger partial charge on any atom is 0.429 e. The number of alkyl halides is 2. The summed E-state index contributed by atoms with van der Waals surface area (Å²) in [5.41, 5.74) is 0.511. The van der Waals surface area contributed by atoms with Crippen LogP contribution in [0.2, 0.25) is 0 Å². The molecule has 1 aliphatic rings. The lowest BCUT2D eigenvalue weighted by Crippen LogP contribution is -2.21. The predicted octanol–water partition coefficient (Wildman–Crippen LogP) is 9.78. The molecule has 2 nitrogen and oxygen atoms in total. The van der Waals surface area contributed by atoms with Gasteiger partial charge in [0.15, 0.2) is 11.6 Å². The van der Waals surface area contributed by atoms with Crippen molar-refractivity contribution in [2.24, 2.45) is 5.92 Å². The monoisotopic (exact) mass is 530 g/mol. The molecule has 3 aromatic carbocycles. The fourth-order valence-electron chi connectivity index (χ4n) is 4.73. The molecule has 0 saturated carbocycles. The molecule has 4 rings (SSSR count). The van der Waals surface area contributed by atoms with Gasteiger partial charge in [-0.1, -0.05) is 56.5 Å². The standard InChI is InChI=1S/C31H31F5O2/c1-3-5-6-20-7-14-24(15-8-20)38-31(35,36)26-17-13-23(19-27(26)32)21-9-11-22(12-10-21)25-16-18-28(37-4-2)30(34)29(25)33/h9-14,16-20H,3-8,15H2,1-2H3. The number of unbranched alkanes of at least 4 members (excludes halogenated alkanes) is 1. The molecule has 7 heteroatoms. The van der Waals surface area contributed by atoms with E-state index in [1.807, 2.05) is 0 Å². The van der Waals surface area contributed by atoms with Crippen molar-refractivity contribution in [3.63, 3.8) is 0 Å². The molecule has 0 radical (unpaired) electrons. The van der Waals surface area contributed by atoms with Crippen LogP contribution in [0.4, 0.5) is 22.0 Å². The van der Waals surface area contributed by atoms with Crippen molar-refractivity contribution >= 4 is 0 Å². The molecule has 1 aliphatic carbocycles. The van der Waals surface area contributed by atoms with Crippen LogP contribution in [0.25, 0.3) is 22.3 Å². The van der Waals surface area contributed by atoms with E-state index in [2.05, 4.69) is 6.92 Å². The zero-order valence-electron chi connectivity index (χ0n) is 21.5. The highest BCUT2D eigenvalue weighted by Crippen LogP contribution is 2.39. The number of hydrogen-bond donors (Lipinski definition) is 0. The van der Waals surface area contributed by atoms with Gasteiger partial charge in [-0.25, -0.2) is 8.78 Å². The third-order valence-electron chi connectivity index (χ3n) is 6.86. The Morgan fingerprint density at radius 3 is 2.21 bits per heavy atom. The van der Waals surface area contributed by atoms with Gasteiger partial charge in [-0.3, -0.25) is 0 Å². The van der Waals surface area contributed by atoms with Gasteiger partial charge in [0.1, 0.15) is 5.82 Å². The Morgan fingerprint density at radius 2 is 1.58 bits per heavy atom. The average Bonchev–Trinajstić information content (AvgIpc) is 2.91. The normalized spacial score (nSPS) is 15.8. The minimum atomic E-state index is -3.80. The van der Waals surface area contributed by atoms with Gasteiger partial charge in [0, 0.05) is 12.0 Å². The van der Waals surface area contributed by atoms with Gasteiger partial charge in [-0.05, 0) is 72.7 Å². The molecule has 0 saturated heterocycles. The SMILES string of the molecule is CCCCC1CC=C(OC(F)(F)c2ccc(-c3ccc(-c4ccc(OCC)c(F)c4F)cc3)cc2F)CC1. The van der Waals surface area contributed by atoms with Gasteiger partial charge in [-0.15, -0.1) is 0 Å². The zero-order valence-corrected chi connectivity index (χ0v) is 21.5. The predicted molar refractivity (Wildman–Crippen MR) is 138 cm³/mol. The highest BCUT2D eigenvalue weighted by Gasteiger charge is 2.38. The Bertz CT molecular complexity index is 1280. The van der Waals surface area contributed by atoms with Crippen LogP contribution in [0.15, 0.2) is 66.4 Å². The smallest absolute Gasteiger partial charge is 0.429 e. The molecule has 0 amide bonds. The Kier molecular flexibility index (Phi) is 8.75. The Hall–Kier alpha value is -3.35. The van der Waals surface area contributed by atoms with Crippen LogP contribution in [-0.4, -0.2) is 6.61 Å². The summed E-state index contributed by atoms with van der Waals surface area (Å²) < 4.78 is 83.4. The Morgan fingerprint density at radius 1 is 0.868 bits per heavy atom. The van der Waals surface area contributed by atoms with Gasteiger partial charge in [0.2, 0.25) is 5.82 Å². The van der Waals surface area contributed by atoms with Crippen LogP contribution in [-0.2, 0) is 10.8 Å². The molecule has 0 aliphatic heterocycles. The number of rotatable bonds is 10. The quantitative estimate of drug-likeness (QED) is 0.243. The Balaban J connectivity index is 1.48. The average molecular weight is 531 g/mol. The molecule has 0 spiro atoms. The topological polar surface area (TPSA) is 18.5 Å². The number of halogens is 5. The van der Waals surface area contributed by atoms with E-state index in [0.29, 0.717) is 35.4 Å². The van der Waals surface area contributed by atoms with Gasteiger partial charge < -0.3 is 9.47 Å². The molecule has 0 heterocycles. The lowest BCUT2D eigenvalue weighted by molar-refractivity contribution is -0.228. The van der Waals surface area contributed by atoms with Gasteiger partial charge in [-0.2, -0.15) is 13.2 Å². The number of benzene rings is 3. The van der Waals surface area contributed by atoms with Crippen molar-refractivity contribution in [3.05, 3.63) is 89.4 Å². The van der Waals surface area contributed by atoms with E-state index in [4.69, 9.17) is 9.47 Å². The van der Waals surface area contributed by atoms with E-state index < -0.39 is 29.1 Å². The van der Waals surface area contributed by atoms with Gasteiger partial charge in [0.05, 0.1) is 17.9 Å². The minimum Gasteiger partial charge on any atom is -0.491 e. The van der Waals surface area contributed by atoms with Crippen molar-refractivity contribution < 1.29 is 31.4 Å². The van der Waals surface area contributed by atoms with Crippen LogP contribution in [0.3, 0.4) is 0 Å². The molecule has 38 heavy (non-hydrogen) atoms. The van der Waals surface area contributed by atoms with Crippen molar-refractivity contribution in [1.29, 1.82) is 0 Å². The molecule has 0 bridgehead atoms.